The van der Waals surface area contributed by atoms with E-state index in [2.05, 4.69) is 28.6 Å². The molecule has 3 heteroatoms. The summed E-state index contributed by atoms with van der Waals surface area (Å²) in [7, 11) is 0. The molecule has 1 nitrogen and oxygen atoms in total. The summed E-state index contributed by atoms with van der Waals surface area (Å²) in [5.74, 6) is 0.165. The van der Waals surface area contributed by atoms with E-state index in [9.17, 15) is 4.79 Å². The lowest BCUT2D eigenvalue weighted by Crippen LogP contribution is -1.97. The van der Waals surface area contributed by atoms with Crippen LogP contribution in [0.2, 0.25) is 0 Å². The first-order chi connectivity index (χ1) is 6.17. The molecular formula is C10H11BrOS. The van der Waals surface area contributed by atoms with E-state index in [1.165, 1.54) is 0 Å². The van der Waals surface area contributed by atoms with E-state index in [1.807, 2.05) is 19.1 Å². The fourth-order valence-electron chi connectivity index (χ4n) is 1.12. The molecule has 0 radical (unpaired) electrons. The molecule has 0 saturated carbocycles. The number of halogens is 1. The van der Waals surface area contributed by atoms with Crippen LogP contribution in [0.15, 0.2) is 23.1 Å². The number of rotatable bonds is 3. The predicted octanol–water partition coefficient (Wildman–Crippen LogP) is 3.46. The summed E-state index contributed by atoms with van der Waals surface area (Å²) < 4.78 is 0. The summed E-state index contributed by atoms with van der Waals surface area (Å²) in [6.07, 6.45) is 0.541. The van der Waals surface area contributed by atoms with Crippen molar-refractivity contribution in [1.29, 1.82) is 0 Å². The zero-order valence-corrected chi connectivity index (χ0v) is 9.86. The molecule has 0 unspecified atom stereocenters. The van der Waals surface area contributed by atoms with Crippen LogP contribution >= 0.6 is 28.6 Å². The molecule has 1 rings (SSSR count). The van der Waals surface area contributed by atoms with Gasteiger partial charge >= 0.3 is 0 Å². The predicted molar refractivity (Wildman–Crippen MR) is 60.9 cm³/mol. The first-order valence-corrected chi connectivity index (χ1v) is 5.66. The highest BCUT2D eigenvalue weighted by molar-refractivity contribution is 9.08. The highest BCUT2D eigenvalue weighted by Gasteiger charge is 2.04. The third-order valence-corrected chi connectivity index (χ3v) is 2.68. The third kappa shape index (κ3) is 2.85. The molecule has 0 amide bonds. The molecule has 0 spiro atoms. The van der Waals surface area contributed by atoms with Gasteiger partial charge in [-0.05, 0) is 23.8 Å². The zero-order valence-electron chi connectivity index (χ0n) is 7.38. The standard InChI is InChI=1S/C10H11BrOS/c1-2-10(12)8-3-7(6-11)4-9(13)5-8/h3-5,13H,2,6H2,1H3. The van der Waals surface area contributed by atoms with Crippen molar-refractivity contribution in [2.24, 2.45) is 0 Å². The van der Waals surface area contributed by atoms with Crippen molar-refractivity contribution >= 4 is 34.3 Å². The summed E-state index contributed by atoms with van der Waals surface area (Å²) in [5.41, 5.74) is 1.84. The normalized spacial score (nSPS) is 10.1. The molecule has 0 saturated heterocycles. The van der Waals surface area contributed by atoms with E-state index < -0.39 is 0 Å². The minimum atomic E-state index is 0.165. The monoisotopic (exact) mass is 258 g/mol. The van der Waals surface area contributed by atoms with Crippen LogP contribution in [-0.4, -0.2) is 5.78 Å². The zero-order chi connectivity index (χ0) is 9.84. The Kier molecular flexibility index (Phi) is 4.00. The topological polar surface area (TPSA) is 17.1 Å². The number of carbonyl (C=O) groups excluding carboxylic acids is 1. The Morgan fingerprint density at radius 1 is 1.46 bits per heavy atom. The minimum absolute atomic E-state index is 0.165. The number of thiol groups is 1. The molecular weight excluding hydrogens is 248 g/mol. The molecule has 0 aliphatic heterocycles. The van der Waals surface area contributed by atoms with Gasteiger partial charge in [-0.3, -0.25) is 4.79 Å². The second-order valence-corrected chi connectivity index (χ2v) is 3.88. The average molecular weight is 259 g/mol. The molecule has 70 valence electrons. The number of hydrogen-bond acceptors (Lipinski definition) is 2. The van der Waals surface area contributed by atoms with Gasteiger partial charge in [0, 0.05) is 22.2 Å². The third-order valence-electron chi connectivity index (χ3n) is 1.77. The lowest BCUT2D eigenvalue weighted by molar-refractivity contribution is 0.0988. The number of ketones is 1. The fourth-order valence-corrected chi connectivity index (χ4v) is 1.74. The van der Waals surface area contributed by atoms with E-state index >= 15 is 0 Å². The SMILES string of the molecule is CCC(=O)c1cc(S)cc(CBr)c1. The van der Waals surface area contributed by atoms with Gasteiger partial charge in [0.05, 0.1) is 0 Å². The highest BCUT2D eigenvalue weighted by atomic mass is 79.9. The first kappa shape index (κ1) is 10.8. The van der Waals surface area contributed by atoms with Crippen LogP contribution in [-0.2, 0) is 5.33 Å². The Bertz CT molecular complexity index is 323. The fraction of sp³-hybridized carbons (Fsp3) is 0.300. The second kappa shape index (κ2) is 4.82. The van der Waals surface area contributed by atoms with Crippen LogP contribution in [0.3, 0.4) is 0 Å². The summed E-state index contributed by atoms with van der Waals surface area (Å²) in [4.78, 5) is 12.2. The van der Waals surface area contributed by atoms with Crippen molar-refractivity contribution in [3.8, 4) is 0 Å². The summed E-state index contributed by atoms with van der Waals surface area (Å²) in [6, 6.07) is 5.66. The van der Waals surface area contributed by atoms with Crippen LogP contribution in [0.25, 0.3) is 0 Å². The quantitative estimate of drug-likeness (QED) is 0.499. The van der Waals surface area contributed by atoms with E-state index in [0.29, 0.717) is 6.42 Å². The lowest BCUT2D eigenvalue weighted by atomic mass is 10.1. The van der Waals surface area contributed by atoms with Crippen molar-refractivity contribution in [2.45, 2.75) is 23.6 Å². The molecule has 0 heterocycles. The van der Waals surface area contributed by atoms with Crippen molar-refractivity contribution in [3.05, 3.63) is 29.3 Å². The summed E-state index contributed by atoms with van der Waals surface area (Å²) in [5, 5.41) is 0.755. The van der Waals surface area contributed by atoms with Gasteiger partial charge in [-0.15, -0.1) is 12.6 Å². The van der Waals surface area contributed by atoms with E-state index in [4.69, 9.17) is 0 Å². The average Bonchev–Trinajstić information content (AvgIpc) is 2.15. The van der Waals surface area contributed by atoms with Crippen LogP contribution in [0.4, 0.5) is 0 Å². The summed E-state index contributed by atoms with van der Waals surface area (Å²) >= 11 is 7.59. The van der Waals surface area contributed by atoms with Gasteiger partial charge in [-0.25, -0.2) is 0 Å². The minimum Gasteiger partial charge on any atom is -0.294 e. The Labute approximate surface area is 92.1 Å². The molecule has 0 fully saturated rings. The van der Waals surface area contributed by atoms with Crippen LogP contribution < -0.4 is 0 Å². The molecule has 0 aromatic heterocycles. The van der Waals surface area contributed by atoms with E-state index in [-0.39, 0.29) is 5.78 Å². The van der Waals surface area contributed by atoms with Gasteiger partial charge in [0.15, 0.2) is 5.78 Å². The van der Waals surface area contributed by atoms with Crippen LogP contribution in [0, 0.1) is 0 Å². The van der Waals surface area contributed by atoms with Crippen molar-refractivity contribution in [3.63, 3.8) is 0 Å². The number of alkyl halides is 1. The van der Waals surface area contributed by atoms with Gasteiger partial charge in [-0.1, -0.05) is 22.9 Å². The number of benzene rings is 1. The molecule has 0 N–H and O–H groups in total. The van der Waals surface area contributed by atoms with E-state index in [1.54, 1.807) is 6.07 Å². The second-order valence-electron chi connectivity index (χ2n) is 2.80. The van der Waals surface area contributed by atoms with Gasteiger partial charge in [-0.2, -0.15) is 0 Å². The molecule has 1 aromatic carbocycles. The Balaban J connectivity index is 3.08. The first-order valence-electron chi connectivity index (χ1n) is 4.09. The number of hydrogen-bond donors (Lipinski definition) is 1. The maximum Gasteiger partial charge on any atom is 0.162 e. The Morgan fingerprint density at radius 3 is 2.69 bits per heavy atom. The van der Waals surface area contributed by atoms with Crippen molar-refractivity contribution in [2.75, 3.05) is 0 Å². The summed E-state index contributed by atoms with van der Waals surface area (Å²) in [6.45, 7) is 1.86. The highest BCUT2D eigenvalue weighted by Crippen LogP contribution is 2.17. The molecule has 0 aliphatic rings. The molecule has 0 atom stereocenters. The molecule has 0 aliphatic carbocycles. The number of Topliss-reactive ketones (excluding diaryl/α,β-unsaturated/α-hetero) is 1. The molecule has 1 aromatic rings. The van der Waals surface area contributed by atoms with Crippen molar-refractivity contribution in [1.82, 2.24) is 0 Å². The van der Waals surface area contributed by atoms with Crippen LogP contribution in [0.5, 0.6) is 0 Å². The Hall–Kier alpha value is -0.280. The van der Waals surface area contributed by atoms with Crippen LogP contribution in [0.1, 0.15) is 29.3 Å². The van der Waals surface area contributed by atoms with Gasteiger partial charge < -0.3 is 0 Å². The van der Waals surface area contributed by atoms with E-state index in [0.717, 1.165) is 21.4 Å². The maximum absolute atomic E-state index is 11.4. The molecule has 0 bridgehead atoms. The Morgan fingerprint density at radius 2 is 2.15 bits per heavy atom. The van der Waals surface area contributed by atoms with Crippen molar-refractivity contribution < 1.29 is 4.79 Å². The largest absolute Gasteiger partial charge is 0.294 e. The van der Waals surface area contributed by atoms with Gasteiger partial charge in [0.1, 0.15) is 0 Å². The van der Waals surface area contributed by atoms with Gasteiger partial charge in [0.2, 0.25) is 0 Å². The number of carbonyl (C=O) groups is 1. The maximum atomic E-state index is 11.4. The lowest BCUT2D eigenvalue weighted by Gasteiger charge is -2.02. The van der Waals surface area contributed by atoms with Gasteiger partial charge in [0.25, 0.3) is 0 Å². The molecule has 13 heavy (non-hydrogen) atoms. The smallest absolute Gasteiger partial charge is 0.162 e.